The van der Waals surface area contributed by atoms with E-state index in [-0.39, 0.29) is 0 Å². The van der Waals surface area contributed by atoms with E-state index in [0.717, 1.165) is 40.0 Å². The molecular formula is C16H18N4O. The van der Waals surface area contributed by atoms with E-state index in [9.17, 15) is 0 Å². The lowest BCUT2D eigenvalue weighted by molar-refractivity contribution is 0.415. The van der Waals surface area contributed by atoms with Gasteiger partial charge < -0.3 is 9.72 Å². The number of H-pyrrole nitrogens is 1. The number of hydrogen-bond acceptors (Lipinski definition) is 3. The number of imidazole rings is 1. The van der Waals surface area contributed by atoms with Gasteiger partial charge in [-0.25, -0.2) is 9.67 Å². The van der Waals surface area contributed by atoms with Gasteiger partial charge in [0.15, 0.2) is 0 Å². The molecule has 0 bridgehead atoms. The van der Waals surface area contributed by atoms with Gasteiger partial charge in [0.25, 0.3) is 0 Å². The van der Waals surface area contributed by atoms with Crippen molar-refractivity contribution in [2.24, 2.45) is 0 Å². The molecule has 0 atom stereocenters. The number of aryl methyl sites for hydroxylation is 3. The number of nitrogens with one attached hydrogen (secondary N) is 1. The Labute approximate surface area is 123 Å². The molecule has 0 aliphatic rings. The number of nitrogens with zero attached hydrogens (tertiary/aromatic N) is 3. The van der Waals surface area contributed by atoms with Crippen LogP contribution in [0.25, 0.3) is 17.2 Å². The average molecular weight is 282 g/mol. The van der Waals surface area contributed by atoms with E-state index in [1.807, 2.05) is 55.8 Å². The zero-order valence-electron chi connectivity index (χ0n) is 12.6. The molecule has 0 aliphatic heterocycles. The minimum Gasteiger partial charge on any atom is -0.497 e. The molecule has 5 heteroatoms. The van der Waals surface area contributed by atoms with Gasteiger partial charge in [-0.05, 0) is 51.1 Å². The fraction of sp³-hybridized carbons (Fsp3) is 0.250. The predicted molar refractivity (Wildman–Crippen MR) is 81.9 cm³/mol. The summed E-state index contributed by atoms with van der Waals surface area (Å²) in [4.78, 5) is 7.98. The number of rotatable bonds is 3. The van der Waals surface area contributed by atoms with Gasteiger partial charge in [-0.15, -0.1) is 0 Å². The second-order valence-electron chi connectivity index (χ2n) is 5.10. The molecule has 0 saturated heterocycles. The molecule has 0 saturated carbocycles. The molecule has 0 amide bonds. The third-order valence-electron chi connectivity index (χ3n) is 3.45. The molecule has 1 aromatic carbocycles. The largest absolute Gasteiger partial charge is 0.497 e. The Kier molecular flexibility index (Phi) is 3.25. The van der Waals surface area contributed by atoms with E-state index in [0.29, 0.717) is 0 Å². The highest BCUT2D eigenvalue weighted by Gasteiger charge is 2.12. The monoisotopic (exact) mass is 282 g/mol. The van der Waals surface area contributed by atoms with E-state index < -0.39 is 0 Å². The first-order valence-electron chi connectivity index (χ1n) is 6.83. The van der Waals surface area contributed by atoms with Gasteiger partial charge in [0.05, 0.1) is 18.5 Å². The van der Waals surface area contributed by atoms with Crippen LogP contribution in [0, 0.1) is 20.8 Å². The molecule has 1 N–H and O–H groups in total. The Balaban J connectivity index is 2.03. The highest BCUT2D eigenvalue weighted by atomic mass is 16.5. The van der Waals surface area contributed by atoms with Crippen LogP contribution in [0.4, 0.5) is 0 Å². The van der Waals surface area contributed by atoms with Crippen LogP contribution in [0.2, 0.25) is 0 Å². The maximum Gasteiger partial charge on any atom is 0.229 e. The lowest BCUT2D eigenvalue weighted by atomic mass is 10.1. The second kappa shape index (κ2) is 5.09. The normalized spacial score (nSPS) is 10.9. The first-order valence-corrected chi connectivity index (χ1v) is 6.83. The van der Waals surface area contributed by atoms with Crippen LogP contribution in [0.15, 0.2) is 30.3 Å². The Hall–Kier alpha value is -2.56. The number of hydrogen-bond donors (Lipinski definition) is 1. The Morgan fingerprint density at radius 2 is 1.81 bits per heavy atom. The van der Waals surface area contributed by atoms with E-state index in [4.69, 9.17) is 4.74 Å². The third-order valence-corrected chi connectivity index (χ3v) is 3.45. The zero-order chi connectivity index (χ0) is 15.0. The van der Waals surface area contributed by atoms with Crippen LogP contribution in [0.5, 0.6) is 5.75 Å². The Morgan fingerprint density at radius 3 is 2.38 bits per heavy atom. The van der Waals surface area contributed by atoms with Gasteiger partial charge in [0.2, 0.25) is 5.95 Å². The molecule has 0 unspecified atom stereocenters. The Bertz CT molecular complexity index is 768. The maximum atomic E-state index is 5.19. The van der Waals surface area contributed by atoms with Crippen molar-refractivity contribution in [2.45, 2.75) is 20.8 Å². The van der Waals surface area contributed by atoms with Gasteiger partial charge >= 0.3 is 0 Å². The summed E-state index contributed by atoms with van der Waals surface area (Å²) in [5.74, 6) is 1.58. The molecule has 2 aromatic heterocycles. The summed E-state index contributed by atoms with van der Waals surface area (Å²) in [5.41, 5.74) is 5.04. The summed E-state index contributed by atoms with van der Waals surface area (Å²) >= 11 is 0. The topological polar surface area (TPSA) is 55.7 Å². The second-order valence-corrected chi connectivity index (χ2v) is 5.10. The predicted octanol–water partition coefficient (Wildman–Crippen LogP) is 3.20. The molecule has 0 spiro atoms. The lowest BCUT2D eigenvalue weighted by Gasteiger charge is -2.01. The van der Waals surface area contributed by atoms with E-state index in [2.05, 4.69) is 15.1 Å². The van der Waals surface area contributed by atoms with Crippen LogP contribution in [0.1, 0.15) is 17.1 Å². The number of aromatic amines is 1. The molecule has 5 nitrogen and oxygen atoms in total. The zero-order valence-corrected chi connectivity index (χ0v) is 12.6. The number of aromatic nitrogens is 4. The van der Waals surface area contributed by atoms with Crippen molar-refractivity contribution in [3.8, 4) is 23.0 Å². The van der Waals surface area contributed by atoms with Crippen molar-refractivity contribution < 1.29 is 4.74 Å². The fourth-order valence-corrected chi connectivity index (χ4v) is 2.42. The molecular weight excluding hydrogens is 264 g/mol. The fourth-order valence-electron chi connectivity index (χ4n) is 2.42. The Morgan fingerprint density at radius 1 is 1.10 bits per heavy atom. The van der Waals surface area contributed by atoms with Crippen molar-refractivity contribution in [2.75, 3.05) is 7.11 Å². The molecule has 0 aliphatic carbocycles. The molecule has 108 valence electrons. The summed E-state index contributed by atoms with van der Waals surface area (Å²) in [7, 11) is 1.66. The lowest BCUT2D eigenvalue weighted by Crippen LogP contribution is -2.01. The van der Waals surface area contributed by atoms with Crippen LogP contribution in [0.3, 0.4) is 0 Å². The summed E-state index contributed by atoms with van der Waals surface area (Å²) in [5, 5.41) is 4.46. The summed E-state index contributed by atoms with van der Waals surface area (Å²) in [6.45, 7) is 6.01. The average Bonchev–Trinajstić information content (AvgIpc) is 3.01. The standard InChI is InChI=1S/C16H18N4O/c1-10-9-11(2)20(19-10)16-17-12(3)15(18-16)13-5-7-14(21-4)8-6-13/h5-9H,1-4H3,(H,17,18). The van der Waals surface area contributed by atoms with Crippen molar-refractivity contribution in [3.63, 3.8) is 0 Å². The minimum absolute atomic E-state index is 0.740. The smallest absolute Gasteiger partial charge is 0.229 e. The third kappa shape index (κ3) is 2.42. The van der Waals surface area contributed by atoms with E-state index in [1.165, 1.54) is 0 Å². The van der Waals surface area contributed by atoms with Gasteiger partial charge in [0.1, 0.15) is 5.75 Å². The minimum atomic E-state index is 0.740. The van der Waals surface area contributed by atoms with Crippen LogP contribution in [-0.4, -0.2) is 26.9 Å². The highest BCUT2D eigenvalue weighted by molar-refractivity contribution is 5.63. The molecule has 2 heterocycles. The number of benzene rings is 1. The molecule has 3 aromatic rings. The van der Waals surface area contributed by atoms with Crippen molar-refractivity contribution in [1.29, 1.82) is 0 Å². The van der Waals surface area contributed by atoms with Gasteiger partial charge in [-0.2, -0.15) is 5.10 Å². The SMILES string of the molecule is COc1ccc(-c2nc(-n3nc(C)cc3C)[nH]c2C)cc1. The summed E-state index contributed by atoms with van der Waals surface area (Å²) in [6.07, 6.45) is 0. The van der Waals surface area contributed by atoms with Crippen molar-refractivity contribution in [1.82, 2.24) is 19.7 Å². The van der Waals surface area contributed by atoms with Crippen molar-refractivity contribution in [3.05, 3.63) is 47.4 Å². The van der Waals surface area contributed by atoms with Gasteiger partial charge in [-0.3, -0.25) is 0 Å². The molecule has 0 radical (unpaired) electrons. The van der Waals surface area contributed by atoms with Gasteiger partial charge in [0, 0.05) is 17.0 Å². The first kappa shape index (κ1) is 13.4. The first-order chi connectivity index (χ1) is 10.1. The van der Waals surface area contributed by atoms with E-state index in [1.54, 1.807) is 7.11 Å². The van der Waals surface area contributed by atoms with Gasteiger partial charge in [-0.1, -0.05) is 0 Å². The molecule has 3 rings (SSSR count). The quantitative estimate of drug-likeness (QED) is 0.802. The molecule has 0 fully saturated rings. The van der Waals surface area contributed by atoms with Crippen LogP contribution >= 0.6 is 0 Å². The highest BCUT2D eigenvalue weighted by Crippen LogP contribution is 2.24. The number of ether oxygens (including phenoxy) is 1. The van der Waals surface area contributed by atoms with Crippen LogP contribution in [-0.2, 0) is 0 Å². The van der Waals surface area contributed by atoms with E-state index >= 15 is 0 Å². The summed E-state index contributed by atoms with van der Waals surface area (Å²) < 4.78 is 7.01. The maximum absolute atomic E-state index is 5.19. The number of methoxy groups -OCH3 is 1. The van der Waals surface area contributed by atoms with Crippen LogP contribution < -0.4 is 4.74 Å². The summed E-state index contributed by atoms with van der Waals surface area (Å²) in [6, 6.07) is 9.92. The molecule has 21 heavy (non-hydrogen) atoms. The van der Waals surface area contributed by atoms with Crippen molar-refractivity contribution >= 4 is 0 Å².